The van der Waals surface area contributed by atoms with E-state index in [-0.39, 0.29) is 4.90 Å². The van der Waals surface area contributed by atoms with Gasteiger partial charge in [-0.3, -0.25) is 0 Å². The first-order valence-corrected chi connectivity index (χ1v) is 6.77. The van der Waals surface area contributed by atoms with Crippen molar-refractivity contribution in [2.24, 2.45) is 0 Å². The lowest BCUT2D eigenvalue weighted by molar-refractivity contribution is -0.147. The minimum Gasteiger partial charge on any atom is -0.479 e. The van der Waals surface area contributed by atoms with Crippen molar-refractivity contribution in [1.29, 1.82) is 0 Å². The third-order valence-electron chi connectivity index (χ3n) is 2.47. The molecule has 0 aliphatic heterocycles. The Morgan fingerprint density at radius 1 is 1.53 bits per heavy atom. The van der Waals surface area contributed by atoms with Gasteiger partial charge in [-0.1, -0.05) is 6.07 Å². The van der Waals surface area contributed by atoms with Crippen LogP contribution in [0, 0.1) is 12.7 Å². The zero-order chi connectivity index (χ0) is 14.6. The van der Waals surface area contributed by atoms with Crippen molar-refractivity contribution < 1.29 is 27.4 Å². The molecule has 1 unspecified atom stereocenters. The average molecular weight is 291 g/mol. The van der Waals surface area contributed by atoms with Crippen LogP contribution in [0.2, 0.25) is 0 Å². The molecular formula is C11H14FNO5S. The van der Waals surface area contributed by atoms with Gasteiger partial charge in [0.05, 0.1) is 4.90 Å². The van der Waals surface area contributed by atoms with Crippen LogP contribution in [-0.4, -0.2) is 39.3 Å². The summed E-state index contributed by atoms with van der Waals surface area (Å²) >= 11 is 0. The Balaban J connectivity index is 2.86. The van der Waals surface area contributed by atoms with E-state index in [1.807, 2.05) is 0 Å². The predicted octanol–water partition coefficient (Wildman–Crippen LogP) is 0.512. The molecule has 0 saturated carbocycles. The van der Waals surface area contributed by atoms with Gasteiger partial charge in [-0.15, -0.1) is 0 Å². The van der Waals surface area contributed by atoms with Crippen LogP contribution in [0.25, 0.3) is 0 Å². The Labute approximate surface area is 110 Å². The summed E-state index contributed by atoms with van der Waals surface area (Å²) in [5, 5.41) is 8.70. The number of carboxylic acids is 1. The van der Waals surface area contributed by atoms with E-state index >= 15 is 0 Å². The van der Waals surface area contributed by atoms with Crippen molar-refractivity contribution in [2.45, 2.75) is 17.9 Å². The van der Waals surface area contributed by atoms with Gasteiger partial charge in [0.1, 0.15) is 5.82 Å². The summed E-state index contributed by atoms with van der Waals surface area (Å²) in [5.74, 6) is -1.94. The maximum atomic E-state index is 13.3. The number of halogens is 1. The molecule has 0 saturated heterocycles. The van der Waals surface area contributed by atoms with Crippen LogP contribution in [0.15, 0.2) is 23.1 Å². The number of carboxylic acid groups (broad SMARTS) is 1. The Bertz CT molecular complexity index is 572. The number of methoxy groups -OCH3 is 1. The zero-order valence-corrected chi connectivity index (χ0v) is 11.2. The van der Waals surface area contributed by atoms with E-state index in [2.05, 4.69) is 9.46 Å². The van der Waals surface area contributed by atoms with Gasteiger partial charge in [0.25, 0.3) is 0 Å². The van der Waals surface area contributed by atoms with Gasteiger partial charge in [0.2, 0.25) is 10.0 Å². The van der Waals surface area contributed by atoms with Crippen molar-refractivity contribution >= 4 is 16.0 Å². The molecule has 2 N–H and O–H groups in total. The molecule has 0 bridgehead atoms. The van der Waals surface area contributed by atoms with Crippen LogP contribution in [0.3, 0.4) is 0 Å². The summed E-state index contributed by atoms with van der Waals surface area (Å²) in [6.45, 7) is 1.06. The monoisotopic (exact) mass is 291 g/mol. The van der Waals surface area contributed by atoms with E-state index in [1.165, 1.54) is 19.1 Å². The van der Waals surface area contributed by atoms with Crippen molar-refractivity contribution in [3.05, 3.63) is 29.6 Å². The molecule has 0 amide bonds. The number of sulfonamides is 1. The first-order chi connectivity index (χ1) is 8.77. The quantitative estimate of drug-likeness (QED) is 0.796. The molecule has 0 heterocycles. The molecule has 0 aliphatic rings. The van der Waals surface area contributed by atoms with Gasteiger partial charge in [0, 0.05) is 13.7 Å². The summed E-state index contributed by atoms with van der Waals surface area (Å²) in [4.78, 5) is 10.4. The molecule has 1 rings (SSSR count). The van der Waals surface area contributed by atoms with Crippen LogP contribution in [0.4, 0.5) is 4.39 Å². The number of nitrogens with one attached hydrogen (secondary N) is 1. The number of aryl methyl sites for hydroxylation is 1. The van der Waals surface area contributed by atoms with E-state index in [1.54, 1.807) is 0 Å². The lowest BCUT2D eigenvalue weighted by Gasteiger charge is -2.12. The Kier molecular flexibility index (Phi) is 4.98. The fourth-order valence-electron chi connectivity index (χ4n) is 1.28. The molecule has 0 spiro atoms. The summed E-state index contributed by atoms with van der Waals surface area (Å²) in [7, 11) is -2.82. The van der Waals surface area contributed by atoms with Gasteiger partial charge >= 0.3 is 5.97 Å². The smallest absolute Gasteiger partial charge is 0.334 e. The van der Waals surface area contributed by atoms with E-state index in [9.17, 15) is 17.6 Å². The highest BCUT2D eigenvalue weighted by Crippen LogP contribution is 2.14. The standard InChI is InChI=1S/C11H14FNO5S/c1-7-3-4-8(5-9(7)12)19(16,17)13-6-10(18-2)11(14)15/h3-5,10,13H,6H2,1-2H3,(H,14,15). The fourth-order valence-corrected chi connectivity index (χ4v) is 2.32. The van der Waals surface area contributed by atoms with Gasteiger partial charge in [0.15, 0.2) is 6.10 Å². The largest absolute Gasteiger partial charge is 0.479 e. The predicted molar refractivity (Wildman–Crippen MR) is 64.8 cm³/mol. The van der Waals surface area contributed by atoms with Gasteiger partial charge in [-0.25, -0.2) is 22.3 Å². The topological polar surface area (TPSA) is 92.7 Å². The second-order valence-corrected chi connectivity index (χ2v) is 5.59. The number of aliphatic carboxylic acids is 1. The van der Waals surface area contributed by atoms with Gasteiger partial charge in [-0.05, 0) is 24.6 Å². The molecular weight excluding hydrogens is 277 g/mol. The van der Waals surface area contributed by atoms with Crippen LogP contribution in [0.1, 0.15) is 5.56 Å². The van der Waals surface area contributed by atoms with Crippen LogP contribution in [-0.2, 0) is 19.6 Å². The molecule has 0 radical (unpaired) electrons. The number of hydrogen-bond donors (Lipinski definition) is 2. The summed E-state index contributed by atoms with van der Waals surface area (Å²) in [6.07, 6.45) is -1.30. The van der Waals surface area contributed by atoms with Gasteiger partial charge in [-0.2, -0.15) is 0 Å². The maximum Gasteiger partial charge on any atom is 0.334 e. The van der Waals surface area contributed by atoms with Crippen molar-refractivity contribution in [2.75, 3.05) is 13.7 Å². The van der Waals surface area contributed by atoms with E-state index in [0.29, 0.717) is 5.56 Å². The summed E-state index contributed by atoms with van der Waals surface area (Å²) in [6, 6.07) is 3.44. The Morgan fingerprint density at radius 3 is 2.63 bits per heavy atom. The number of hydrogen-bond acceptors (Lipinski definition) is 4. The summed E-state index contributed by atoms with van der Waals surface area (Å²) < 4.78 is 43.6. The molecule has 8 heteroatoms. The van der Waals surface area contributed by atoms with E-state index in [0.717, 1.165) is 13.2 Å². The van der Waals surface area contributed by atoms with Crippen LogP contribution < -0.4 is 4.72 Å². The maximum absolute atomic E-state index is 13.3. The molecule has 19 heavy (non-hydrogen) atoms. The second kappa shape index (κ2) is 6.09. The highest BCUT2D eigenvalue weighted by atomic mass is 32.2. The highest BCUT2D eigenvalue weighted by molar-refractivity contribution is 7.89. The average Bonchev–Trinajstić information content (AvgIpc) is 2.32. The lowest BCUT2D eigenvalue weighted by Crippen LogP contribution is -2.37. The van der Waals surface area contributed by atoms with Gasteiger partial charge < -0.3 is 9.84 Å². The number of rotatable bonds is 6. The summed E-state index contributed by atoms with van der Waals surface area (Å²) in [5.41, 5.74) is 0.319. The molecule has 0 fully saturated rings. The Hall–Kier alpha value is -1.51. The molecule has 1 aromatic carbocycles. The molecule has 1 atom stereocenters. The molecule has 1 aromatic rings. The first kappa shape index (κ1) is 15.5. The van der Waals surface area contributed by atoms with Crippen LogP contribution >= 0.6 is 0 Å². The molecule has 0 aromatic heterocycles. The third-order valence-corrected chi connectivity index (χ3v) is 3.89. The number of ether oxygens (including phenoxy) is 1. The highest BCUT2D eigenvalue weighted by Gasteiger charge is 2.21. The van der Waals surface area contributed by atoms with Crippen molar-refractivity contribution in [3.8, 4) is 0 Å². The minimum absolute atomic E-state index is 0.268. The third kappa shape index (κ3) is 3.98. The van der Waals surface area contributed by atoms with Crippen molar-refractivity contribution in [1.82, 2.24) is 4.72 Å². The zero-order valence-electron chi connectivity index (χ0n) is 10.4. The normalized spacial score (nSPS) is 13.2. The molecule has 106 valence electrons. The molecule has 0 aliphatic carbocycles. The minimum atomic E-state index is -3.97. The number of carbonyl (C=O) groups is 1. The Morgan fingerprint density at radius 2 is 2.16 bits per heavy atom. The molecule has 6 nitrogen and oxygen atoms in total. The fraction of sp³-hybridized carbons (Fsp3) is 0.364. The second-order valence-electron chi connectivity index (χ2n) is 3.83. The SMILES string of the molecule is COC(CNS(=O)(=O)c1ccc(C)c(F)c1)C(=O)O. The first-order valence-electron chi connectivity index (χ1n) is 5.29. The van der Waals surface area contributed by atoms with Crippen LogP contribution in [0.5, 0.6) is 0 Å². The lowest BCUT2D eigenvalue weighted by atomic mass is 10.2. The number of benzene rings is 1. The van der Waals surface area contributed by atoms with E-state index < -0.39 is 34.5 Å². The van der Waals surface area contributed by atoms with Crippen molar-refractivity contribution in [3.63, 3.8) is 0 Å². The van der Waals surface area contributed by atoms with E-state index in [4.69, 9.17) is 5.11 Å².